The van der Waals surface area contributed by atoms with Crippen LogP contribution in [0.3, 0.4) is 0 Å². The van der Waals surface area contributed by atoms with Gasteiger partial charge in [0.05, 0.1) is 18.8 Å². The highest BCUT2D eigenvalue weighted by molar-refractivity contribution is 5.99. The van der Waals surface area contributed by atoms with E-state index >= 15 is 0 Å². The van der Waals surface area contributed by atoms with Gasteiger partial charge in [-0.25, -0.2) is 9.97 Å². The van der Waals surface area contributed by atoms with Gasteiger partial charge in [0, 0.05) is 36.5 Å². The van der Waals surface area contributed by atoms with E-state index in [0.717, 1.165) is 23.4 Å². The van der Waals surface area contributed by atoms with E-state index in [4.69, 9.17) is 9.47 Å². The molecular formula is C20H21N3O3. The van der Waals surface area contributed by atoms with Crippen LogP contribution in [0.25, 0.3) is 6.08 Å². The highest BCUT2D eigenvalue weighted by Gasteiger charge is 2.27. The molecule has 0 bridgehead atoms. The van der Waals surface area contributed by atoms with E-state index in [1.807, 2.05) is 41.3 Å². The molecule has 3 heterocycles. The van der Waals surface area contributed by atoms with E-state index in [1.54, 1.807) is 12.5 Å². The van der Waals surface area contributed by atoms with E-state index in [-0.39, 0.29) is 11.8 Å². The van der Waals surface area contributed by atoms with Crippen LogP contribution in [0.4, 0.5) is 0 Å². The van der Waals surface area contributed by atoms with E-state index in [9.17, 15) is 4.79 Å². The first-order valence-electron chi connectivity index (χ1n) is 8.84. The maximum absolute atomic E-state index is 13.0. The van der Waals surface area contributed by atoms with E-state index in [1.165, 1.54) is 0 Å². The summed E-state index contributed by atoms with van der Waals surface area (Å²) in [5.74, 6) is 1.07. The third-order valence-electron chi connectivity index (χ3n) is 4.67. The standard InChI is InChI=1S/C20H21N3O3/c24-20(17-10-16-3-1-2-4-19(16)26-13-17)23-7-8-25-12-15(11-23)9-18-5-6-21-14-22-18/h1-6,10,14-15H,7-9,11-13H2/t15-/m0/s1. The third-order valence-corrected chi connectivity index (χ3v) is 4.67. The van der Waals surface area contributed by atoms with Crippen molar-refractivity contribution in [3.05, 3.63) is 59.7 Å². The Kier molecular flexibility index (Phi) is 4.93. The molecule has 1 saturated heterocycles. The summed E-state index contributed by atoms with van der Waals surface area (Å²) in [6, 6.07) is 9.67. The lowest BCUT2D eigenvalue weighted by Gasteiger charge is -2.26. The monoisotopic (exact) mass is 351 g/mol. The van der Waals surface area contributed by atoms with E-state index in [0.29, 0.717) is 38.5 Å². The second kappa shape index (κ2) is 7.66. The molecule has 0 N–H and O–H groups in total. The van der Waals surface area contributed by atoms with Crippen LogP contribution in [0.1, 0.15) is 11.3 Å². The Bertz CT molecular complexity index is 807. The van der Waals surface area contributed by atoms with Crippen molar-refractivity contribution in [1.82, 2.24) is 14.9 Å². The maximum Gasteiger partial charge on any atom is 0.253 e. The first-order valence-corrected chi connectivity index (χ1v) is 8.84. The van der Waals surface area contributed by atoms with E-state index < -0.39 is 0 Å². The van der Waals surface area contributed by atoms with Crippen LogP contribution in [0, 0.1) is 5.92 Å². The minimum atomic E-state index is 0.0256. The van der Waals surface area contributed by atoms with Gasteiger partial charge < -0.3 is 14.4 Å². The summed E-state index contributed by atoms with van der Waals surface area (Å²) in [4.78, 5) is 23.1. The molecule has 1 fully saturated rings. The Morgan fingerprint density at radius 2 is 2.19 bits per heavy atom. The lowest BCUT2D eigenvalue weighted by atomic mass is 10.0. The molecule has 6 nitrogen and oxygen atoms in total. The van der Waals surface area contributed by atoms with Crippen LogP contribution in [0.5, 0.6) is 5.75 Å². The zero-order valence-electron chi connectivity index (χ0n) is 14.5. The largest absolute Gasteiger partial charge is 0.488 e. The number of benzene rings is 1. The second-order valence-corrected chi connectivity index (χ2v) is 6.59. The molecule has 1 amide bonds. The van der Waals surface area contributed by atoms with Gasteiger partial charge in [0.1, 0.15) is 18.7 Å². The van der Waals surface area contributed by atoms with E-state index in [2.05, 4.69) is 9.97 Å². The van der Waals surface area contributed by atoms with Crippen LogP contribution >= 0.6 is 0 Å². The van der Waals surface area contributed by atoms with Crippen molar-refractivity contribution in [2.75, 3.05) is 32.9 Å². The number of carbonyl (C=O) groups excluding carboxylic acids is 1. The van der Waals surface area contributed by atoms with Gasteiger partial charge in [0.15, 0.2) is 0 Å². The molecule has 0 spiro atoms. The van der Waals surface area contributed by atoms with Crippen molar-refractivity contribution >= 4 is 12.0 Å². The molecule has 0 aliphatic carbocycles. The Morgan fingerprint density at radius 3 is 3.08 bits per heavy atom. The minimum Gasteiger partial charge on any atom is -0.488 e. The summed E-state index contributed by atoms with van der Waals surface area (Å²) in [6.45, 7) is 2.74. The molecule has 1 atom stereocenters. The fourth-order valence-electron chi connectivity index (χ4n) is 3.37. The molecule has 2 aliphatic heterocycles. The highest BCUT2D eigenvalue weighted by atomic mass is 16.5. The molecule has 0 saturated carbocycles. The van der Waals surface area contributed by atoms with Gasteiger partial charge in [0.2, 0.25) is 0 Å². The highest BCUT2D eigenvalue weighted by Crippen LogP contribution is 2.27. The maximum atomic E-state index is 13.0. The van der Waals surface area contributed by atoms with Gasteiger partial charge in [-0.05, 0) is 24.6 Å². The Morgan fingerprint density at radius 1 is 1.27 bits per heavy atom. The molecule has 26 heavy (non-hydrogen) atoms. The van der Waals surface area contributed by atoms with Crippen molar-refractivity contribution in [2.24, 2.45) is 5.92 Å². The first kappa shape index (κ1) is 16.7. The molecule has 4 rings (SSSR count). The number of fused-ring (bicyclic) bond motifs is 1. The number of hydrogen-bond acceptors (Lipinski definition) is 5. The summed E-state index contributed by atoms with van der Waals surface area (Å²) in [7, 11) is 0. The Balaban J connectivity index is 1.47. The molecular weight excluding hydrogens is 330 g/mol. The Hall–Kier alpha value is -2.73. The number of aromatic nitrogens is 2. The molecule has 0 radical (unpaired) electrons. The zero-order chi connectivity index (χ0) is 17.8. The minimum absolute atomic E-state index is 0.0256. The smallest absolute Gasteiger partial charge is 0.253 e. The normalized spacial score (nSPS) is 19.8. The van der Waals surface area contributed by atoms with Gasteiger partial charge in [0.25, 0.3) is 5.91 Å². The number of ether oxygens (including phenoxy) is 2. The van der Waals surface area contributed by atoms with Crippen LogP contribution in [-0.4, -0.2) is 53.7 Å². The fraction of sp³-hybridized carbons (Fsp3) is 0.350. The number of rotatable bonds is 3. The van der Waals surface area contributed by atoms with Gasteiger partial charge in [-0.15, -0.1) is 0 Å². The predicted molar refractivity (Wildman–Crippen MR) is 96.5 cm³/mol. The summed E-state index contributed by atoms with van der Waals surface area (Å²) in [5.41, 5.74) is 2.61. The zero-order valence-corrected chi connectivity index (χ0v) is 14.5. The third kappa shape index (κ3) is 3.75. The molecule has 2 aliphatic rings. The average molecular weight is 351 g/mol. The van der Waals surface area contributed by atoms with Crippen LogP contribution in [0.15, 0.2) is 48.4 Å². The quantitative estimate of drug-likeness (QED) is 0.846. The summed E-state index contributed by atoms with van der Waals surface area (Å²) in [5, 5.41) is 0. The summed E-state index contributed by atoms with van der Waals surface area (Å²) >= 11 is 0. The van der Waals surface area contributed by atoms with Crippen LogP contribution < -0.4 is 4.74 Å². The molecule has 134 valence electrons. The SMILES string of the molecule is O=C(C1=Cc2ccccc2OC1)N1CCOC[C@@H](Cc2ccncn2)C1. The molecule has 2 aromatic rings. The lowest BCUT2D eigenvalue weighted by Crippen LogP contribution is -2.38. The first-order chi connectivity index (χ1) is 12.8. The Labute approximate surface area is 152 Å². The van der Waals surface area contributed by atoms with Gasteiger partial charge in [-0.1, -0.05) is 18.2 Å². The lowest BCUT2D eigenvalue weighted by molar-refractivity contribution is -0.127. The van der Waals surface area contributed by atoms with Crippen LogP contribution in [-0.2, 0) is 16.0 Å². The molecule has 1 aromatic heterocycles. The number of carbonyl (C=O) groups is 1. The van der Waals surface area contributed by atoms with Crippen molar-refractivity contribution in [2.45, 2.75) is 6.42 Å². The number of para-hydroxylation sites is 1. The second-order valence-electron chi connectivity index (χ2n) is 6.59. The van der Waals surface area contributed by atoms with Crippen molar-refractivity contribution in [1.29, 1.82) is 0 Å². The average Bonchev–Trinajstić information content (AvgIpc) is 2.93. The molecule has 0 unspecified atom stereocenters. The number of amides is 1. The van der Waals surface area contributed by atoms with Crippen molar-refractivity contribution in [3.63, 3.8) is 0 Å². The molecule has 1 aromatic carbocycles. The van der Waals surface area contributed by atoms with Crippen LogP contribution in [0.2, 0.25) is 0 Å². The van der Waals surface area contributed by atoms with Gasteiger partial charge >= 0.3 is 0 Å². The predicted octanol–water partition coefficient (Wildman–Crippen LogP) is 1.97. The number of nitrogens with zero attached hydrogens (tertiary/aromatic N) is 3. The van der Waals surface area contributed by atoms with Crippen molar-refractivity contribution < 1.29 is 14.3 Å². The van der Waals surface area contributed by atoms with Crippen molar-refractivity contribution in [3.8, 4) is 5.75 Å². The number of hydrogen-bond donors (Lipinski definition) is 0. The summed E-state index contributed by atoms with van der Waals surface area (Å²) in [6.07, 6.45) is 6.00. The fourth-order valence-corrected chi connectivity index (χ4v) is 3.37. The molecule has 6 heteroatoms. The van der Waals surface area contributed by atoms with Gasteiger partial charge in [-0.3, -0.25) is 4.79 Å². The topological polar surface area (TPSA) is 64.5 Å². The summed E-state index contributed by atoms with van der Waals surface area (Å²) < 4.78 is 11.5. The van der Waals surface area contributed by atoms with Gasteiger partial charge in [-0.2, -0.15) is 0 Å².